The van der Waals surface area contributed by atoms with Crippen molar-refractivity contribution < 1.29 is 23.8 Å². The van der Waals surface area contributed by atoms with Gasteiger partial charge in [0.2, 0.25) is 12.7 Å². The van der Waals surface area contributed by atoms with Crippen LogP contribution in [-0.4, -0.2) is 52.2 Å². The molecule has 10 nitrogen and oxygen atoms in total. The Morgan fingerprint density at radius 2 is 1.79 bits per heavy atom. The van der Waals surface area contributed by atoms with E-state index >= 15 is 0 Å². The van der Waals surface area contributed by atoms with Gasteiger partial charge in [-0.2, -0.15) is 0 Å². The van der Waals surface area contributed by atoms with Crippen molar-refractivity contribution in [2.75, 3.05) is 13.4 Å². The van der Waals surface area contributed by atoms with Crippen LogP contribution in [-0.2, 0) is 4.79 Å². The van der Waals surface area contributed by atoms with Gasteiger partial charge in [-0.25, -0.2) is 9.97 Å². The van der Waals surface area contributed by atoms with E-state index in [1.807, 2.05) is 12.1 Å². The van der Waals surface area contributed by atoms with Crippen LogP contribution in [0.3, 0.4) is 0 Å². The number of benzene rings is 1. The summed E-state index contributed by atoms with van der Waals surface area (Å²) in [7, 11) is 0. The Morgan fingerprint density at radius 3 is 2.58 bits per heavy atom. The summed E-state index contributed by atoms with van der Waals surface area (Å²) >= 11 is 0. The molecule has 0 spiro atoms. The lowest BCUT2D eigenvalue weighted by Gasteiger charge is -2.28. The van der Waals surface area contributed by atoms with E-state index < -0.39 is 0 Å². The highest BCUT2D eigenvalue weighted by atomic mass is 16.7. The first-order valence-corrected chi connectivity index (χ1v) is 13.6. The number of carbonyl (C=O) groups excluding carboxylic acids is 2. The van der Waals surface area contributed by atoms with Crippen molar-refractivity contribution in [2.24, 2.45) is 11.8 Å². The first-order chi connectivity index (χ1) is 18.6. The van der Waals surface area contributed by atoms with Crippen molar-refractivity contribution in [1.29, 1.82) is 0 Å². The van der Waals surface area contributed by atoms with Gasteiger partial charge in [-0.3, -0.25) is 9.59 Å². The molecule has 7 rings (SSSR count). The van der Waals surface area contributed by atoms with Crippen molar-refractivity contribution in [1.82, 2.24) is 25.6 Å². The number of aromatic nitrogens is 3. The maximum absolute atomic E-state index is 13.3. The summed E-state index contributed by atoms with van der Waals surface area (Å²) in [6.45, 7) is 0.760. The van der Waals surface area contributed by atoms with Gasteiger partial charge in [0.25, 0.3) is 5.91 Å². The zero-order valence-electron chi connectivity index (χ0n) is 21.1. The molecule has 0 unspecified atom stereocenters. The van der Waals surface area contributed by atoms with Crippen LogP contribution in [0.4, 0.5) is 0 Å². The van der Waals surface area contributed by atoms with E-state index in [2.05, 4.69) is 20.6 Å². The van der Waals surface area contributed by atoms with Crippen LogP contribution in [0.25, 0.3) is 22.4 Å². The lowest BCUT2D eigenvalue weighted by molar-refractivity contribution is -0.126. The number of fused-ring (bicyclic) bond motifs is 2. The molecule has 10 heteroatoms. The van der Waals surface area contributed by atoms with E-state index in [0.29, 0.717) is 63.8 Å². The van der Waals surface area contributed by atoms with Crippen LogP contribution in [0.1, 0.15) is 61.7 Å². The number of rotatable bonds is 8. The summed E-state index contributed by atoms with van der Waals surface area (Å²) in [6.07, 6.45) is 11.0. The van der Waals surface area contributed by atoms with Gasteiger partial charge < -0.3 is 29.8 Å². The van der Waals surface area contributed by atoms with E-state index in [1.54, 1.807) is 12.4 Å². The minimum atomic E-state index is -0.185. The molecule has 3 fully saturated rings. The Hall–Kier alpha value is -3.82. The largest absolute Gasteiger partial charge is 0.492 e. The number of nitrogens with zero attached hydrogens (tertiary/aromatic N) is 2. The molecule has 3 saturated carbocycles. The molecule has 0 bridgehead atoms. The molecule has 0 atom stereocenters. The molecule has 0 saturated heterocycles. The average molecular weight is 518 g/mol. The second kappa shape index (κ2) is 9.49. The lowest BCUT2D eigenvalue weighted by Crippen LogP contribution is -2.41. The maximum Gasteiger partial charge on any atom is 0.255 e. The molecule has 3 heterocycles. The SMILES string of the molecule is O=C(NC1CCC(C(=O)NC2CC2)CC1)c1c[nH]c2cnc(-c3c(OCC4CC4)ccc4c3OCO4)nc12. The fourth-order valence-electron chi connectivity index (χ4n) is 5.29. The standard InChI is InChI=1S/C28H31N5O5/c34-27(31-18-7-8-18)16-3-5-17(6-4-16)32-28(35)19-11-29-20-12-30-26(33-24(19)20)23-21(36-13-15-1-2-15)9-10-22-25(23)38-14-37-22/h9-12,15-18,29H,1-8,13-14H2,(H,31,34)(H,32,35). The zero-order chi connectivity index (χ0) is 25.6. The van der Waals surface area contributed by atoms with Gasteiger partial charge in [0, 0.05) is 24.2 Å². The van der Waals surface area contributed by atoms with Crippen LogP contribution in [0.2, 0.25) is 0 Å². The van der Waals surface area contributed by atoms with E-state index in [-0.39, 0.29) is 30.6 Å². The number of H-pyrrole nitrogens is 1. The second-order valence-electron chi connectivity index (χ2n) is 10.9. The summed E-state index contributed by atoms with van der Waals surface area (Å²) in [5, 5.41) is 6.26. The van der Waals surface area contributed by atoms with Crippen LogP contribution < -0.4 is 24.8 Å². The monoisotopic (exact) mass is 517 g/mol. The number of hydrogen-bond donors (Lipinski definition) is 3. The average Bonchev–Trinajstić information content (AvgIpc) is 3.84. The minimum absolute atomic E-state index is 0.0316. The molecule has 1 aliphatic heterocycles. The van der Waals surface area contributed by atoms with Crippen LogP contribution in [0.5, 0.6) is 17.2 Å². The Morgan fingerprint density at radius 1 is 1.00 bits per heavy atom. The summed E-state index contributed by atoms with van der Waals surface area (Å²) in [6, 6.07) is 4.12. The van der Waals surface area contributed by atoms with Gasteiger partial charge in [0.05, 0.1) is 23.9 Å². The fourth-order valence-corrected chi connectivity index (χ4v) is 5.29. The molecular weight excluding hydrogens is 486 g/mol. The highest BCUT2D eigenvalue weighted by molar-refractivity contribution is 6.05. The van der Waals surface area contributed by atoms with Crippen LogP contribution in [0, 0.1) is 11.8 Å². The normalized spacial score (nSPS) is 22.3. The number of nitrogens with one attached hydrogen (secondary N) is 3. The third kappa shape index (κ3) is 4.63. The molecule has 4 aliphatic rings. The molecule has 3 aromatic rings. The quantitative estimate of drug-likeness (QED) is 0.416. The summed E-state index contributed by atoms with van der Waals surface area (Å²) < 4.78 is 17.5. The Bertz CT molecular complexity index is 1390. The van der Waals surface area contributed by atoms with Gasteiger partial charge in [-0.05, 0) is 69.4 Å². The molecule has 38 heavy (non-hydrogen) atoms. The molecule has 1 aromatic carbocycles. The number of carbonyl (C=O) groups is 2. The predicted octanol–water partition coefficient (Wildman–Crippen LogP) is 3.71. The van der Waals surface area contributed by atoms with E-state index in [9.17, 15) is 9.59 Å². The fraction of sp³-hybridized carbons (Fsp3) is 0.500. The Labute approximate surface area is 219 Å². The number of amides is 2. The van der Waals surface area contributed by atoms with Gasteiger partial charge in [-0.15, -0.1) is 0 Å². The van der Waals surface area contributed by atoms with Crippen molar-refractivity contribution in [3.63, 3.8) is 0 Å². The first kappa shape index (κ1) is 23.3. The van der Waals surface area contributed by atoms with Crippen LogP contribution >= 0.6 is 0 Å². The first-order valence-electron chi connectivity index (χ1n) is 13.6. The van der Waals surface area contributed by atoms with E-state index in [4.69, 9.17) is 19.2 Å². The molecule has 198 valence electrons. The Balaban J connectivity index is 1.10. The van der Waals surface area contributed by atoms with Gasteiger partial charge >= 0.3 is 0 Å². The third-order valence-electron chi connectivity index (χ3n) is 7.91. The smallest absolute Gasteiger partial charge is 0.255 e. The number of aromatic amines is 1. The molecule has 3 aliphatic carbocycles. The predicted molar refractivity (Wildman–Crippen MR) is 138 cm³/mol. The van der Waals surface area contributed by atoms with Crippen molar-refractivity contribution in [3.8, 4) is 28.6 Å². The van der Waals surface area contributed by atoms with Crippen molar-refractivity contribution >= 4 is 22.8 Å². The highest BCUT2D eigenvalue weighted by Gasteiger charge is 2.32. The highest BCUT2D eigenvalue weighted by Crippen LogP contribution is 2.46. The molecule has 2 aromatic heterocycles. The number of ether oxygens (including phenoxy) is 3. The molecule has 0 radical (unpaired) electrons. The number of hydrogen-bond acceptors (Lipinski definition) is 7. The molecule has 3 N–H and O–H groups in total. The van der Waals surface area contributed by atoms with Gasteiger partial charge in [0.1, 0.15) is 16.8 Å². The zero-order valence-corrected chi connectivity index (χ0v) is 21.1. The lowest BCUT2D eigenvalue weighted by atomic mass is 9.85. The summed E-state index contributed by atoms with van der Waals surface area (Å²) in [5.74, 6) is 2.85. The van der Waals surface area contributed by atoms with E-state index in [0.717, 1.165) is 38.5 Å². The Kier molecular flexibility index (Phi) is 5.82. The topological polar surface area (TPSA) is 127 Å². The third-order valence-corrected chi connectivity index (χ3v) is 7.91. The second-order valence-corrected chi connectivity index (χ2v) is 10.9. The summed E-state index contributed by atoms with van der Waals surface area (Å²) in [4.78, 5) is 38.2. The molecular formula is C28H31N5O5. The van der Waals surface area contributed by atoms with E-state index in [1.165, 1.54) is 12.8 Å². The summed E-state index contributed by atoms with van der Waals surface area (Å²) in [5.41, 5.74) is 2.31. The maximum atomic E-state index is 13.3. The van der Waals surface area contributed by atoms with Crippen molar-refractivity contribution in [3.05, 3.63) is 30.1 Å². The minimum Gasteiger partial charge on any atom is -0.492 e. The van der Waals surface area contributed by atoms with Crippen molar-refractivity contribution in [2.45, 2.75) is 63.5 Å². The van der Waals surface area contributed by atoms with Gasteiger partial charge in [0.15, 0.2) is 17.3 Å². The van der Waals surface area contributed by atoms with Gasteiger partial charge in [-0.1, -0.05) is 0 Å². The van der Waals surface area contributed by atoms with Crippen LogP contribution in [0.15, 0.2) is 24.5 Å². The molecule has 2 amide bonds.